The summed E-state index contributed by atoms with van der Waals surface area (Å²) in [6.45, 7) is 6.04. The smallest absolute Gasteiger partial charge is 0.205 e. The molecule has 120 valence electrons. The van der Waals surface area contributed by atoms with Gasteiger partial charge in [0.1, 0.15) is 17.4 Å². The average Bonchev–Trinajstić information content (AvgIpc) is 2.87. The number of rotatable bonds is 2. The number of allylic oxidation sites excluding steroid dienone is 3. The molecule has 1 aliphatic heterocycles. The van der Waals surface area contributed by atoms with E-state index in [4.69, 9.17) is 10.5 Å². The number of Topliss-reactive ketones (excluding diaryl/α,β-unsaturated/α-hetero) is 1. The van der Waals surface area contributed by atoms with Gasteiger partial charge < -0.3 is 10.5 Å². The molecule has 1 atom stereocenters. The van der Waals surface area contributed by atoms with Crippen LogP contribution in [-0.4, -0.2) is 15.6 Å². The Morgan fingerprint density at radius 2 is 2.22 bits per heavy atom. The van der Waals surface area contributed by atoms with Crippen LogP contribution in [0, 0.1) is 18.3 Å². The lowest BCUT2D eigenvalue weighted by Gasteiger charge is -2.30. The fraction of sp³-hybridized carbons (Fsp3) is 0.471. The quantitative estimate of drug-likeness (QED) is 0.905. The van der Waals surface area contributed by atoms with Crippen molar-refractivity contribution in [3.63, 3.8) is 0 Å². The molecule has 0 bridgehead atoms. The van der Waals surface area contributed by atoms with Gasteiger partial charge in [-0.2, -0.15) is 10.4 Å². The average molecular weight is 312 g/mol. The third-order valence-electron chi connectivity index (χ3n) is 4.49. The van der Waals surface area contributed by atoms with E-state index in [1.807, 2.05) is 25.5 Å². The molecule has 6 heteroatoms. The second-order valence-electron chi connectivity index (χ2n) is 6.26. The van der Waals surface area contributed by atoms with Crippen molar-refractivity contribution < 1.29 is 9.53 Å². The first-order chi connectivity index (χ1) is 11.0. The lowest BCUT2D eigenvalue weighted by molar-refractivity contribution is -0.116. The number of aromatic nitrogens is 2. The Morgan fingerprint density at radius 1 is 1.48 bits per heavy atom. The van der Waals surface area contributed by atoms with Gasteiger partial charge in [0.15, 0.2) is 5.78 Å². The number of carbonyl (C=O) groups excluding carboxylic acids is 1. The summed E-state index contributed by atoms with van der Waals surface area (Å²) in [6, 6.07) is 2.33. The van der Waals surface area contributed by atoms with Crippen molar-refractivity contribution in [3.05, 3.63) is 40.2 Å². The van der Waals surface area contributed by atoms with Gasteiger partial charge in [-0.25, -0.2) is 0 Å². The van der Waals surface area contributed by atoms with Gasteiger partial charge in [0, 0.05) is 35.7 Å². The highest BCUT2D eigenvalue weighted by atomic mass is 16.5. The van der Waals surface area contributed by atoms with Crippen LogP contribution in [0.5, 0.6) is 0 Å². The lowest BCUT2D eigenvalue weighted by Crippen LogP contribution is -2.27. The number of ketones is 1. The molecular weight excluding hydrogens is 292 g/mol. The maximum Gasteiger partial charge on any atom is 0.205 e. The summed E-state index contributed by atoms with van der Waals surface area (Å²) >= 11 is 0. The van der Waals surface area contributed by atoms with Crippen LogP contribution in [0.3, 0.4) is 0 Å². The molecule has 3 rings (SSSR count). The van der Waals surface area contributed by atoms with E-state index in [-0.39, 0.29) is 17.7 Å². The maximum atomic E-state index is 12.5. The monoisotopic (exact) mass is 312 g/mol. The Kier molecular flexibility index (Phi) is 3.72. The molecule has 2 aliphatic rings. The number of hydrogen-bond donors (Lipinski definition) is 1. The number of ether oxygens (including phenoxy) is 1. The van der Waals surface area contributed by atoms with E-state index >= 15 is 0 Å². The van der Waals surface area contributed by atoms with Gasteiger partial charge in [0.25, 0.3) is 0 Å². The van der Waals surface area contributed by atoms with Gasteiger partial charge in [-0.1, -0.05) is 0 Å². The molecule has 0 amide bonds. The highest BCUT2D eigenvalue weighted by molar-refractivity contribution is 5.99. The highest BCUT2D eigenvalue weighted by Gasteiger charge is 2.39. The molecule has 1 aliphatic carbocycles. The number of carbonyl (C=O) groups is 1. The third-order valence-corrected chi connectivity index (χ3v) is 4.49. The summed E-state index contributed by atoms with van der Waals surface area (Å²) in [7, 11) is 0. The van der Waals surface area contributed by atoms with Crippen LogP contribution in [0.4, 0.5) is 0 Å². The summed E-state index contributed by atoms with van der Waals surface area (Å²) in [5.41, 5.74) is 8.62. The summed E-state index contributed by atoms with van der Waals surface area (Å²) < 4.78 is 7.47. The maximum absolute atomic E-state index is 12.5. The summed E-state index contributed by atoms with van der Waals surface area (Å²) in [6.07, 6.45) is 3.65. The molecule has 0 saturated carbocycles. The SMILES string of the molecule is Cc1c([C@@H]2C(C#N)=C(N)OC3=C2C(=O)CCC3)cnn1C(C)C. The van der Waals surface area contributed by atoms with Crippen molar-refractivity contribution in [2.45, 2.75) is 52.0 Å². The fourth-order valence-corrected chi connectivity index (χ4v) is 3.41. The normalized spacial score (nSPS) is 21.3. The van der Waals surface area contributed by atoms with Crippen molar-refractivity contribution in [3.8, 4) is 6.07 Å². The van der Waals surface area contributed by atoms with Crippen molar-refractivity contribution in [1.82, 2.24) is 9.78 Å². The Labute approximate surface area is 135 Å². The summed E-state index contributed by atoms with van der Waals surface area (Å²) in [5, 5.41) is 14.0. The van der Waals surface area contributed by atoms with E-state index in [1.54, 1.807) is 6.20 Å². The first-order valence-corrected chi connectivity index (χ1v) is 7.83. The van der Waals surface area contributed by atoms with Crippen molar-refractivity contribution >= 4 is 5.78 Å². The Hall–Kier alpha value is -2.55. The van der Waals surface area contributed by atoms with Crippen LogP contribution in [0.15, 0.2) is 29.0 Å². The van der Waals surface area contributed by atoms with Crippen LogP contribution in [0.2, 0.25) is 0 Å². The van der Waals surface area contributed by atoms with E-state index in [2.05, 4.69) is 11.2 Å². The molecule has 0 radical (unpaired) electrons. The molecular formula is C17H20N4O2. The van der Waals surface area contributed by atoms with Gasteiger partial charge in [0.05, 0.1) is 12.1 Å². The predicted molar refractivity (Wildman–Crippen MR) is 83.9 cm³/mol. The molecule has 2 heterocycles. The molecule has 1 aromatic rings. The van der Waals surface area contributed by atoms with Crippen LogP contribution < -0.4 is 5.73 Å². The molecule has 0 aromatic carbocycles. The number of nitriles is 1. The molecule has 0 unspecified atom stereocenters. The molecule has 1 aromatic heterocycles. The molecule has 0 fully saturated rings. The minimum Gasteiger partial charge on any atom is -0.444 e. The van der Waals surface area contributed by atoms with Crippen molar-refractivity contribution in [2.24, 2.45) is 5.73 Å². The van der Waals surface area contributed by atoms with E-state index in [1.165, 1.54) is 0 Å². The second kappa shape index (κ2) is 5.58. The molecule has 0 saturated heterocycles. The Morgan fingerprint density at radius 3 is 2.83 bits per heavy atom. The van der Waals surface area contributed by atoms with Crippen molar-refractivity contribution in [2.75, 3.05) is 0 Å². The van der Waals surface area contributed by atoms with Crippen molar-refractivity contribution in [1.29, 1.82) is 5.26 Å². The zero-order valence-electron chi connectivity index (χ0n) is 13.6. The molecule has 6 nitrogen and oxygen atoms in total. The van der Waals surface area contributed by atoms with E-state index in [0.29, 0.717) is 29.7 Å². The van der Waals surface area contributed by atoms with Crippen LogP contribution >= 0.6 is 0 Å². The molecule has 0 spiro atoms. The lowest BCUT2D eigenvalue weighted by atomic mass is 9.78. The first-order valence-electron chi connectivity index (χ1n) is 7.83. The van der Waals surface area contributed by atoms with Crippen LogP contribution in [-0.2, 0) is 9.53 Å². The zero-order valence-corrected chi connectivity index (χ0v) is 13.6. The topological polar surface area (TPSA) is 93.9 Å². The first kappa shape index (κ1) is 15.3. The third kappa shape index (κ3) is 2.33. The van der Waals surface area contributed by atoms with E-state index < -0.39 is 5.92 Å². The second-order valence-corrected chi connectivity index (χ2v) is 6.26. The Balaban J connectivity index is 2.20. The van der Waals surface area contributed by atoms with Gasteiger partial charge in [-0.15, -0.1) is 0 Å². The largest absolute Gasteiger partial charge is 0.444 e. The summed E-state index contributed by atoms with van der Waals surface area (Å²) in [4.78, 5) is 12.5. The molecule has 23 heavy (non-hydrogen) atoms. The zero-order chi connectivity index (χ0) is 16.7. The number of hydrogen-bond acceptors (Lipinski definition) is 5. The van der Waals surface area contributed by atoms with Crippen LogP contribution in [0.1, 0.15) is 56.3 Å². The Bertz CT molecular complexity index is 777. The highest BCUT2D eigenvalue weighted by Crippen LogP contribution is 2.44. The van der Waals surface area contributed by atoms with Crippen LogP contribution in [0.25, 0.3) is 0 Å². The minimum atomic E-state index is -0.468. The number of nitrogens with two attached hydrogens (primary N) is 1. The van der Waals surface area contributed by atoms with Gasteiger partial charge in [-0.05, 0) is 27.2 Å². The van der Waals surface area contributed by atoms with Gasteiger partial charge in [-0.3, -0.25) is 9.48 Å². The van der Waals surface area contributed by atoms with E-state index in [0.717, 1.165) is 17.7 Å². The summed E-state index contributed by atoms with van der Waals surface area (Å²) in [5.74, 6) is 0.277. The van der Waals surface area contributed by atoms with E-state index in [9.17, 15) is 10.1 Å². The molecule has 2 N–H and O–H groups in total. The van der Waals surface area contributed by atoms with Gasteiger partial charge >= 0.3 is 0 Å². The fourth-order valence-electron chi connectivity index (χ4n) is 3.41. The minimum absolute atomic E-state index is 0.0354. The van der Waals surface area contributed by atoms with Gasteiger partial charge in [0.2, 0.25) is 5.88 Å². The standard InChI is InChI=1S/C17H20N4O2/c1-9(2)21-10(3)12(8-20-21)15-11(7-18)17(19)23-14-6-4-5-13(22)16(14)15/h8-9,15H,4-6,19H2,1-3H3/t15-/m0/s1. The predicted octanol–water partition coefficient (Wildman–Crippen LogP) is 2.59. The number of nitrogens with zero attached hydrogens (tertiary/aromatic N) is 3.